The minimum Gasteiger partial charge on any atom is -0.463 e. The summed E-state index contributed by atoms with van der Waals surface area (Å²) < 4.78 is 5.45. The summed E-state index contributed by atoms with van der Waals surface area (Å²) in [4.78, 5) is 7.97. The summed E-state index contributed by atoms with van der Waals surface area (Å²) in [6.07, 6.45) is 8.00. The van der Waals surface area contributed by atoms with E-state index in [1.165, 1.54) is 25.8 Å². The average molecular weight is 292 g/mol. The van der Waals surface area contributed by atoms with E-state index in [-0.39, 0.29) is 12.4 Å². The third kappa shape index (κ3) is 5.38. The van der Waals surface area contributed by atoms with Gasteiger partial charge < -0.3 is 10.1 Å². The summed E-state index contributed by atoms with van der Waals surface area (Å²) >= 11 is 5.69. The van der Waals surface area contributed by atoms with Gasteiger partial charge in [-0.15, -0.1) is 12.4 Å². The van der Waals surface area contributed by atoms with Gasteiger partial charge in [-0.1, -0.05) is 11.6 Å². The van der Waals surface area contributed by atoms with Crippen LogP contribution >= 0.6 is 24.0 Å². The van der Waals surface area contributed by atoms with E-state index in [1.54, 1.807) is 12.4 Å². The molecule has 2 heterocycles. The molecular weight excluding hydrogens is 273 g/mol. The van der Waals surface area contributed by atoms with Gasteiger partial charge in [-0.25, -0.2) is 9.97 Å². The van der Waals surface area contributed by atoms with Gasteiger partial charge in [0.05, 0.1) is 24.0 Å². The zero-order valence-electron chi connectivity index (χ0n) is 10.3. The standard InChI is InChI=1S/C12H18ClN3O.ClH/c13-11-8-15-12(16-9-11)17-6-2-4-10-3-1-5-14-7-10;/h8-10,14H,1-7H2;1H. The Morgan fingerprint density at radius 3 is 2.83 bits per heavy atom. The molecule has 1 aliphatic heterocycles. The van der Waals surface area contributed by atoms with Crippen LogP contribution in [-0.4, -0.2) is 29.7 Å². The smallest absolute Gasteiger partial charge is 0.316 e. The Morgan fingerprint density at radius 2 is 2.17 bits per heavy atom. The topological polar surface area (TPSA) is 47.0 Å². The molecule has 1 aromatic rings. The molecule has 1 aromatic heterocycles. The van der Waals surface area contributed by atoms with Crippen LogP contribution in [0.3, 0.4) is 0 Å². The molecule has 1 atom stereocenters. The Kier molecular flexibility index (Phi) is 7.32. The van der Waals surface area contributed by atoms with Crippen molar-refractivity contribution in [1.82, 2.24) is 15.3 Å². The van der Waals surface area contributed by atoms with E-state index in [4.69, 9.17) is 16.3 Å². The molecule has 18 heavy (non-hydrogen) atoms. The van der Waals surface area contributed by atoms with Crippen LogP contribution in [0.25, 0.3) is 0 Å². The van der Waals surface area contributed by atoms with E-state index in [2.05, 4.69) is 15.3 Å². The highest BCUT2D eigenvalue weighted by atomic mass is 35.5. The lowest BCUT2D eigenvalue weighted by Crippen LogP contribution is -2.29. The molecule has 0 amide bonds. The van der Waals surface area contributed by atoms with Crippen LogP contribution in [0.2, 0.25) is 5.02 Å². The maximum Gasteiger partial charge on any atom is 0.316 e. The Balaban J connectivity index is 0.00000162. The minimum atomic E-state index is 0. The fourth-order valence-corrected chi connectivity index (χ4v) is 2.18. The SMILES string of the molecule is Cl.Clc1cnc(OCCCC2CCCNC2)nc1. The molecule has 0 radical (unpaired) electrons. The van der Waals surface area contributed by atoms with Crippen molar-refractivity contribution in [2.45, 2.75) is 25.7 Å². The van der Waals surface area contributed by atoms with Crippen LogP contribution in [0.4, 0.5) is 0 Å². The molecule has 1 aliphatic rings. The van der Waals surface area contributed by atoms with Gasteiger partial charge in [0.25, 0.3) is 0 Å². The van der Waals surface area contributed by atoms with Crippen LogP contribution in [0.15, 0.2) is 12.4 Å². The second kappa shape index (κ2) is 8.51. The van der Waals surface area contributed by atoms with Gasteiger partial charge in [-0.3, -0.25) is 0 Å². The Hall–Kier alpha value is -0.580. The number of nitrogens with zero attached hydrogens (tertiary/aromatic N) is 2. The number of ether oxygens (including phenoxy) is 1. The number of halogens is 2. The first-order valence-electron chi connectivity index (χ1n) is 6.15. The second-order valence-corrected chi connectivity index (χ2v) is 4.82. The van der Waals surface area contributed by atoms with Crippen LogP contribution in [0.1, 0.15) is 25.7 Å². The Morgan fingerprint density at radius 1 is 1.39 bits per heavy atom. The summed E-state index contributed by atoms with van der Waals surface area (Å²) in [6, 6.07) is 0.413. The molecule has 102 valence electrons. The number of nitrogens with one attached hydrogen (secondary N) is 1. The van der Waals surface area contributed by atoms with Crippen LogP contribution in [-0.2, 0) is 0 Å². The average Bonchev–Trinajstić information content (AvgIpc) is 2.38. The van der Waals surface area contributed by atoms with Crippen molar-refractivity contribution in [2.75, 3.05) is 19.7 Å². The van der Waals surface area contributed by atoms with Crippen molar-refractivity contribution in [3.05, 3.63) is 17.4 Å². The maximum absolute atomic E-state index is 5.69. The zero-order chi connectivity index (χ0) is 11.9. The minimum absolute atomic E-state index is 0. The highest BCUT2D eigenvalue weighted by Crippen LogP contribution is 2.16. The number of rotatable bonds is 5. The highest BCUT2D eigenvalue weighted by molar-refractivity contribution is 6.30. The van der Waals surface area contributed by atoms with Gasteiger partial charge in [-0.05, 0) is 44.7 Å². The van der Waals surface area contributed by atoms with Crippen molar-refractivity contribution in [3.63, 3.8) is 0 Å². The lowest BCUT2D eigenvalue weighted by molar-refractivity contribution is 0.259. The quantitative estimate of drug-likeness (QED) is 0.848. The van der Waals surface area contributed by atoms with Crippen molar-refractivity contribution >= 4 is 24.0 Å². The molecule has 4 nitrogen and oxygen atoms in total. The largest absolute Gasteiger partial charge is 0.463 e. The van der Waals surface area contributed by atoms with Gasteiger partial charge >= 0.3 is 6.01 Å². The van der Waals surface area contributed by atoms with Crippen LogP contribution in [0, 0.1) is 5.92 Å². The predicted octanol–water partition coefficient (Wildman–Crippen LogP) is 2.71. The first-order chi connectivity index (χ1) is 8.34. The van der Waals surface area contributed by atoms with Gasteiger partial charge in [-0.2, -0.15) is 0 Å². The summed E-state index contributed by atoms with van der Waals surface area (Å²) in [5.74, 6) is 0.804. The van der Waals surface area contributed by atoms with Crippen molar-refractivity contribution in [2.24, 2.45) is 5.92 Å². The van der Waals surface area contributed by atoms with E-state index in [9.17, 15) is 0 Å². The summed E-state index contributed by atoms with van der Waals surface area (Å²) in [5.41, 5.74) is 0. The first-order valence-corrected chi connectivity index (χ1v) is 6.53. The monoisotopic (exact) mass is 291 g/mol. The third-order valence-electron chi connectivity index (χ3n) is 2.98. The fourth-order valence-electron chi connectivity index (χ4n) is 2.08. The molecule has 1 unspecified atom stereocenters. The molecule has 0 saturated carbocycles. The van der Waals surface area contributed by atoms with Crippen molar-refractivity contribution in [1.29, 1.82) is 0 Å². The van der Waals surface area contributed by atoms with Gasteiger partial charge in [0.15, 0.2) is 0 Å². The summed E-state index contributed by atoms with van der Waals surface area (Å²) in [7, 11) is 0. The van der Waals surface area contributed by atoms with Crippen LogP contribution < -0.4 is 10.1 Å². The highest BCUT2D eigenvalue weighted by Gasteiger charge is 2.12. The molecule has 0 bridgehead atoms. The summed E-state index contributed by atoms with van der Waals surface area (Å²) in [5, 5.41) is 3.95. The molecule has 6 heteroatoms. The number of piperidine rings is 1. The molecule has 1 fully saturated rings. The second-order valence-electron chi connectivity index (χ2n) is 4.39. The van der Waals surface area contributed by atoms with E-state index in [0.29, 0.717) is 17.6 Å². The number of aromatic nitrogens is 2. The number of hydrogen-bond acceptors (Lipinski definition) is 4. The van der Waals surface area contributed by atoms with E-state index in [1.807, 2.05) is 0 Å². The fraction of sp³-hybridized carbons (Fsp3) is 0.667. The van der Waals surface area contributed by atoms with Gasteiger partial charge in [0.1, 0.15) is 0 Å². The molecule has 2 rings (SSSR count). The van der Waals surface area contributed by atoms with Crippen molar-refractivity contribution < 1.29 is 4.74 Å². The molecule has 0 aromatic carbocycles. The molecule has 1 N–H and O–H groups in total. The number of hydrogen-bond donors (Lipinski definition) is 1. The predicted molar refractivity (Wildman–Crippen MR) is 74.6 cm³/mol. The Bertz CT molecular complexity index is 329. The van der Waals surface area contributed by atoms with E-state index in [0.717, 1.165) is 18.9 Å². The maximum atomic E-state index is 5.69. The Labute approximate surface area is 119 Å². The lowest BCUT2D eigenvalue weighted by Gasteiger charge is -2.22. The third-order valence-corrected chi connectivity index (χ3v) is 3.18. The van der Waals surface area contributed by atoms with Crippen LogP contribution in [0.5, 0.6) is 6.01 Å². The van der Waals surface area contributed by atoms with Gasteiger partial charge in [0.2, 0.25) is 0 Å². The van der Waals surface area contributed by atoms with Gasteiger partial charge in [0, 0.05) is 0 Å². The molecular formula is C12H19Cl2N3O. The summed E-state index contributed by atoms with van der Waals surface area (Å²) in [6.45, 7) is 3.00. The molecule has 0 aliphatic carbocycles. The molecule has 1 saturated heterocycles. The first kappa shape index (κ1) is 15.5. The van der Waals surface area contributed by atoms with E-state index >= 15 is 0 Å². The zero-order valence-corrected chi connectivity index (χ0v) is 11.8. The molecule has 0 spiro atoms. The van der Waals surface area contributed by atoms with Crippen molar-refractivity contribution in [3.8, 4) is 6.01 Å². The lowest BCUT2D eigenvalue weighted by atomic mass is 9.95. The van der Waals surface area contributed by atoms with E-state index < -0.39 is 0 Å². The normalized spacial score (nSPS) is 19.1.